The summed E-state index contributed by atoms with van der Waals surface area (Å²) in [6, 6.07) is 18.8. The first-order chi connectivity index (χ1) is 15.4. The van der Waals surface area contributed by atoms with Crippen LogP contribution in [0.3, 0.4) is 0 Å². The number of carbonyl (C=O) groups excluding carboxylic acids is 1. The Hall–Kier alpha value is -3.30. The summed E-state index contributed by atoms with van der Waals surface area (Å²) in [7, 11) is -3.96. The molecule has 164 valence electrons. The normalized spacial score (nSPS) is 11.4. The Labute approximate surface area is 189 Å². The molecule has 1 aromatic heterocycles. The number of carbonyl (C=O) groups is 1. The SMILES string of the molecule is O=C(NCCCc1nc2ccccc2s1)c1ccccc1NS(=O)(=O)c1ccc(F)cc1. The zero-order valence-corrected chi connectivity index (χ0v) is 18.5. The van der Waals surface area contributed by atoms with Crippen LogP contribution in [0.5, 0.6) is 0 Å². The molecule has 4 aromatic rings. The number of aromatic nitrogens is 1. The van der Waals surface area contributed by atoms with Crippen molar-refractivity contribution in [3.8, 4) is 0 Å². The number of fused-ring (bicyclic) bond motifs is 1. The summed E-state index contributed by atoms with van der Waals surface area (Å²) < 4.78 is 41.9. The van der Waals surface area contributed by atoms with Crippen LogP contribution < -0.4 is 10.0 Å². The molecule has 9 heteroatoms. The van der Waals surface area contributed by atoms with Crippen molar-refractivity contribution in [2.45, 2.75) is 17.7 Å². The number of halogens is 1. The molecule has 0 aliphatic rings. The van der Waals surface area contributed by atoms with Crippen molar-refractivity contribution < 1.29 is 17.6 Å². The van der Waals surface area contributed by atoms with Gasteiger partial charge in [0, 0.05) is 13.0 Å². The van der Waals surface area contributed by atoms with Gasteiger partial charge in [0.1, 0.15) is 5.82 Å². The fourth-order valence-corrected chi connectivity index (χ4v) is 5.24. The lowest BCUT2D eigenvalue weighted by molar-refractivity contribution is 0.0954. The molecule has 0 saturated carbocycles. The minimum Gasteiger partial charge on any atom is -0.352 e. The zero-order chi connectivity index (χ0) is 22.6. The largest absolute Gasteiger partial charge is 0.352 e. The number of hydrogen-bond donors (Lipinski definition) is 2. The van der Waals surface area contributed by atoms with Gasteiger partial charge in [-0.2, -0.15) is 0 Å². The molecule has 2 N–H and O–H groups in total. The fraction of sp³-hybridized carbons (Fsp3) is 0.130. The van der Waals surface area contributed by atoms with Gasteiger partial charge in [-0.15, -0.1) is 11.3 Å². The van der Waals surface area contributed by atoms with E-state index in [9.17, 15) is 17.6 Å². The molecule has 0 spiro atoms. The lowest BCUT2D eigenvalue weighted by atomic mass is 10.1. The van der Waals surface area contributed by atoms with Gasteiger partial charge in [-0.05, 0) is 55.0 Å². The number of aryl methyl sites for hydroxylation is 1. The highest BCUT2D eigenvalue weighted by atomic mass is 32.2. The van der Waals surface area contributed by atoms with E-state index in [1.165, 1.54) is 18.2 Å². The van der Waals surface area contributed by atoms with Gasteiger partial charge in [0.15, 0.2) is 0 Å². The Morgan fingerprint density at radius 1 is 0.969 bits per heavy atom. The van der Waals surface area contributed by atoms with Gasteiger partial charge in [0.25, 0.3) is 15.9 Å². The van der Waals surface area contributed by atoms with Crippen molar-refractivity contribution >= 4 is 43.2 Å². The second kappa shape index (κ2) is 9.46. The summed E-state index contributed by atoms with van der Waals surface area (Å²) in [6.45, 7) is 0.424. The number of thiazole rings is 1. The molecule has 0 saturated heterocycles. The molecule has 0 fully saturated rings. The average molecular weight is 470 g/mol. The summed E-state index contributed by atoms with van der Waals surface area (Å²) in [5, 5.41) is 3.84. The number of para-hydroxylation sites is 2. The number of anilines is 1. The topological polar surface area (TPSA) is 88.2 Å². The van der Waals surface area contributed by atoms with E-state index in [-0.39, 0.29) is 22.1 Å². The zero-order valence-electron chi connectivity index (χ0n) is 16.9. The van der Waals surface area contributed by atoms with E-state index in [2.05, 4.69) is 15.0 Å². The smallest absolute Gasteiger partial charge is 0.261 e. The predicted molar refractivity (Wildman–Crippen MR) is 124 cm³/mol. The third kappa shape index (κ3) is 5.12. The summed E-state index contributed by atoms with van der Waals surface area (Å²) in [5.41, 5.74) is 1.33. The second-order valence-electron chi connectivity index (χ2n) is 7.04. The van der Waals surface area contributed by atoms with Gasteiger partial charge in [-0.1, -0.05) is 24.3 Å². The minimum absolute atomic E-state index is 0.0926. The predicted octanol–water partition coefficient (Wildman–Crippen LogP) is 4.60. The molecular weight excluding hydrogens is 449 g/mol. The molecule has 1 heterocycles. The first-order valence-electron chi connectivity index (χ1n) is 9.92. The van der Waals surface area contributed by atoms with Crippen molar-refractivity contribution in [2.24, 2.45) is 0 Å². The molecule has 32 heavy (non-hydrogen) atoms. The second-order valence-corrected chi connectivity index (χ2v) is 9.84. The summed E-state index contributed by atoms with van der Waals surface area (Å²) in [6.07, 6.45) is 1.44. The molecule has 0 bridgehead atoms. The van der Waals surface area contributed by atoms with Crippen molar-refractivity contribution in [1.29, 1.82) is 0 Å². The lowest BCUT2D eigenvalue weighted by Gasteiger charge is -2.13. The quantitative estimate of drug-likeness (QED) is 0.369. The van der Waals surface area contributed by atoms with E-state index in [1.54, 1.807) is 29.5 Å². The van der Waals surface area contributed by atoms with Gasteiger partial charge in [-0.25, -0.2) is 17.8 Å². The van der Waals surface area contributed by atoms with Crippen LogP contribution in [-0.2, 0) is 16.4 Å². The maximum atomic E-state index is 13.1. The molecule has 1 amide bonds. The van der Waals surface area contributed by atoms with Crippen molar-refractivity contribution in [1.82, 2.24) is 10.3 Å². The average Bonchev–Trinajstić information content (AvgIpc) is 3.20. The van der Waals surface area contributed by atoms with E-state index < -0.39 is 15.8 Å². The van der Waals surface area contributed by atoms with Gasteiger partial charge in [-0.3, -0.25) is 9.52 Å². The molecule has 0 aliphatic heterocycles. The Morgan fingerprint density at radius 3 is 2.47 bits per heavy atom. The highest BCUT2D eigenvalue weighted by Crippen LogP contribution is 2.23. The highest BCUT2D eigenvalue weighted by molar-refractivity contribution is 7.92. The lowest BCUT2D eigenvalue weighted by Crippen LogP contribution is -2.26. The third-order valence-electron chi connectivity index (χ3n) is 4.73. The minimum atomic E-state index is -3.96. The number of sulfonamides is 1. The number of nitrogens with zero attached hydrogens (tertiary/aromatic N) is 1. The molecule has 0 atom stereocenters. The fourth-order valence-electron chi connectivity index (χ4n) is 3.15. The van der Waals surface area contributed by atoms with E-state index in [1.807, 2.05) is 24.3 Å². The summed E-state index contributed by atoms with van der Waals surface area (Å²) in [5.74, 6) is -0.915. The first kappa shape index (κ1) is 21.9. The van der Waals surface area contributed by atoms with Crippen LogP contribution >= 0.6 is 11.3 Å². The van der Waals surface area contributed by atoms with Gasteiger partial charge in [0.2, 0.25) is 0 Å². The Kier molecular flexibility index (Phi) is 6.48. The maximum Gasteiger partial charge on any atom is 0.261 e. The first-order valence-corrected chi connectivity index (χ1v) is 12.2. The van der Waals surface area contributed by atoms with Crippen LogP contribution in [0.4, 0.5) is 10.1 Å². The van der Waals surface area contributed by atoms with Gasteiger partial charge in [0.05, 0.1) is 31.4 Å². The van der Waals surface area contributed by atoms with Gasteiger partial charge >= 0.3 is 0 Å². The Morgan fingerprint density at radius 2 is 1.69 bits per heavy atom. The standard InChI is InChI=1S/C23H20FN3O3S2/c24-16-11-13-17(14-12-16)32(29,30)27-19-7-2-1-6-18(19)23(28)25-15-5-10-22-26-20-8-3-4-9-21(20)31-22/h1-4,6-9,11-14,27H,5,10,15H2,(H,25,28). The molecule has 0 radical (unpaired) electrons. The number of hydrogen-bond acceptors (Lipinski definition) is 5. The molecule has 6 nitrogen and oxygen atoms in total. The Bertz CT molecular complexity index is 1320. The van der Waals surface area contributed by atoms with E-state index in [4.69, 9.17) is 0 Å². The monoisotopic (exact) mass is 469 g/mol. The molecule has 4 rings (SSSR count). The molecule has 0 unspecified atom stereocenters. The highest BCUT2D eigenvalue weighted by Gasteiger charge is 2.18. The van der Waals surface area contributed by atoms with Crippen LogP contribution in [0.25, 0.3) is 10.2 Å². The Balaban J connectivity index is 1.38. The van der Waals surface area contributed by atoms with Crippen molar-refractivity contribution in [3.63, 3.8) is 0 Å². The van der Waals surface area contributed by atoms with E-state index in [0.29, 0.717) is 13.0 Å². The summed E-state index contributed by atoms with van der Waals surface area (Å²) in [4.78, 5) is 17.2. The molecule has 3 aromatic carbocycles. The number of amides is 1. The molecular formula is C23H20FN3O3S2. The van der Waals surface area contributed by atoms with Crippen LogP contribution in [0.1, 0.15) is 21.8 Å². The van der Waals surface area contributed by atoms with E-state index in [0.717, 1.165) is 33.8 Å². The van der Waals surface area contributed by atoms with E-state index >= 15 is 0 Å². The van der Waals surface area contributed by atoms with Crippen LogP contribution in [0.15, 0.2) is 77.7 Å². The number of benzene rings is 3. The van der Waals surface area contributed by atoms with Crippen molar-refractivity contribution in [3.05, 3.63) is 89.2 Å². The number of rotatable bonds is 8. The van der Waals surface area contributed by atoms with Crippen LogP contribution in [0, 0.1) is 5.82 Å². The van der Waals surface area contributed by atoms with Crippen LogP contribution in [-0.4, -0.2) is 25.9 Å². The maximum absolute atomic E-state index is 13.1. The number of nitrogens with one attached hydrogen (secondary N) is 2. The van der Waals surface area contributed by atoms with Crippen LogP contribution in [0.2, 0.25) is 0 Å². The molecule has 0 aliphatic carbocycles. The third-order valence-corrected chi connectivity index (χ3v) is 7.21. The van der Waals surface area contributed by atoms with Crippen molar-refractivity contribution in [2.75, 3.05) is 11.3 Å². The summed E-state index contributed by atoms with van der Waals surface area (Å²) >= 11 is 1.64. The van der Waals surface area contributed by atoms with Gasteiger partial charge < -0.3 is 5.32 Å².